The maximum absolute atomic E-state index is 14.1. The van der Waals surface area contributed by atoms with Crippen molar-refractivity contribution in [2.45, 2.75) is 32.4 Å². The van der Waals surface area contributed by atoms with E-state index in [1.54, 1.807) is 24.4 Å². The fourth-order valence-corrected chi connectivity index (χ4v) is 5.41. The van der Waals surface area contributed by atoms with Crippen LogP contribution in [-0.2, 0) is 4.79 Å². The molecule has 0 unspecified atom stereocenters. The molecule has 3 heterocycles. The van der Waals surface area contributed by atoms with Crippen LogP contribution >= 0.6 is 12.2 Å². The summed E-state index contributed by atoms with van der Waals surface area (Å²) in [5, 5.41) is 6.53. The third-order valence-electron chi connectivity index (χ3n) is 6.78. The van der Waals surface area contributed by atoms with Crippen LogP contribution in [0.4, 0.5) is 14.5 Å². The van der Waals surface area contributed by atoms with Gasteiger partial charge in [0.2, 0.25) is 5.91 Å². The molecule has 1 fully saturated rings. The zero-order valence-corrected chi connectivity index (χ0v) is 21.8. The predicted octanol–water partition coefficient (Wildman–Crippen LogP) is 5.77. The largest absolute Gasteiger partial charge is 0.352 e. The lowest BCUT2D eigenvalue weighted by Crippen LogP contribution is -2.33. The Morgan fingerprint density at radius 2 is 1.84 bits per heavy atom. The van der Waals surface area contributed by atoms with E-state index in [9.17, 15) is 13.6 Å². The lowest BCUT2D eigenvalue weighted by Gasteiger charge is -2.28. The van der Waals surface area contributed by atoms with Crippen molar-refractivity contribution < 1.29 is 13.6 Å². The second kappa shape index (κ2) is 10.7. The van der Waals surface area contributed by atoms with Crippen LogP contribution < -0.4 is 10.6 Å². The number of hydrogen-bond donors (Lipinski definition) is 2. The standard InChI is InChI=1S/C29H27F2N5OS/c1-18-16-22(19(2)36(18)21-9-7-8-20(30)17-21)28-27(25-12-5-6-14-32-25)34-29(38)35(28)15-13-26(37)33-24-11-4-3-10-23(24)31/h3-12,14,16-17,27-28H,13,15H2,1-2H3,(H,33,37)(H,34,38)/t27-,28+/m0/s1. The number of nitrogens with zero attached hydrogens (tertiary/aromatic N) is 3. The van der Waals surface area contributed by atoms with Crippen molar-refractivity contribution in [3.05, 3.63) is 113 Å². The number of halogens is 2. The summed E-state index contributed by atoms with van der Waals surface area (Å²) in [5.41, 5.74) is 4.55. The zero-order chi connectivity index (χ0) is 26.8. The highest BCUT2D eigenvalue weighted by Crippen LogP contribution is 2.41. The van der Waals surface area contributed by atoms with Crippen molar-refractivity contribution in [1.82, 2.24) is 19.8 Å². The Morgan fingerprint density at radius 1 is 1.05 bits per heavy atom. The number of aromatic nitrogens is 2. The Balaban J connectivity index is 1.48. The van der Waals surface area contributed by atoms with Gasteiger partial charge in [-0.05, 0) is 80.2 Å². The summed E-state index contributed by atoms with van der Waals surface area (Å²) in [6, 6.07) is 19.8. The fourth-order valence-electron chi connectivity index (χ4n) is 5.08. The average Bonchev–Trinajstić information content (AvgIpc) is 3.39. The number of rotatable bonds is 7. The SMILES string of the molecule is Cc1cc([C@@H]2[C@H](c3ccccn3)NC(=S)N2CCC(=O)Nc2ccccc2F)c(C)n1-c1cccc(F)c1. The number of carbonyl (C=O) groups excluding carboxylic acids is 1. The van der Waals surface area contributed by atoms with Crippen molar-refractivity contribution in [1.29, 1.82) is 0 Å². The summed E-state index contributed by atoms with van der Waals surface area (Å²) in [7, 11) is 0. The van der Waals surface area contributed by atoms with Gasteiger partial charge in [-0.3, -0.25) is 9.78 Å². The minimum Gasteiger partial charge on any atom is -0.352 e. The number of aryl methyl sites for hydroxylation is 1. The molecular weight excluding hydrogens is 504 g/mol. The molecular formula is C29H27F2N5OS. The highest BCUT2D eigenvalue weighted by Gasteiger charge is 2.41. The average molecular weight is 532 g/mol. The first kappa shape index (κ1) is 25.5. The van der Waals surface area contributed by atoms with E-state index < -0.39 is 5.82 Å². The number of pyridine rings is 1. The molecule has 1 amide bonds. The van der Waals surface area contributed by atoms with E-state index in [-0.39, 0.29) is 35.9 Å². The number of anilines is 1. The number of nitrogens with one attached hydrogen (secondary N) is 2. The van der Waals surface area contributed by atoms with Gasteiger partial charge in [0.05, 0.1) is 23.5 Å². The number of carbonyl (C=O) groups is 1. The Morgan fingerprint density at radius 3 is 2.58 bits per heavy atom. The molecule has 1 saturated heterocycles. The summed E-state index contributed by atoms with van der Waals surface area (Å²) in [6.07, 6.45) is 1.84. The molecule has 2 aromatic heterocycles. The molecule has 4 aromatic rings. The molecule has 0 bridgehead atoms. The van der Waals surface area contributed by atoms with E-state index >= 15 is 0 Å². The van der Waals surface area contributed by atoms with Crippen molar-refractivity contribution >= 4 is 28.9 Å². The minimum atomic E-state index is -0.489. The van der Waals surface area contributed by atoms with Gasteiger partial charge in [-0.1, -0.05) is 24.3 Å². The number of amides is 1. The van der Waals surface area contributed by atoms with Crippen molar-refractivity contribution in [3.8, 4) is 5.69 Å². The van der Waals surface area contributed by atoms with E-state index in [0.717, 1.165) is 28.3 Å². The summed E-state index contributed by atoms with van der Waals surface area (Å²) in [6.45, 7) is 4.28. The van der Waals surface area contributed by atoms with Gasteiger partial charge in [0.25, 0.3) is 0 Å². The molecule has 194 valence electrons. The Hall–Kier alpha value is -4.11. The topological polar surface area (TPSA) is 62.2 Å². The summed E-state index contributed by atoms with van der Waals surface area (Å²) in [4.78, 5) is 19.3. The molecule has 9 heteroatoms. The molecule has 0 spiro atoms. The Bertz CT molecular complexity index is 1490. The van der Waals surface area contributed by atoms with E-state index in [4.69, 9.17) is 12.2 Å². The van der Waals surface area contributed by atoms with Crippen LogP contribution in [0.15, 0.2) is 79.0 Å². The maximum Gasteiger partial charge on any atom is 0.226 e. The molecule has 2 N–H and O–H groups in total. The summed E-state index contributed by atoms with van der Waals surface area (Å²) in [5.74, 6) is -1.12. The fraction of sp³-hybridized carbons (Fsp3) is 0.207. The molecule has 1 aliphatic heterocycles. The molecule has 0 radical (unpaired) electrons. The van der Waals surface area contributed by atoms with Crippen LogP contribution in [0.1, 0.15) is 41.1 Å². The monoisotopic (exact) mass is 531 g/mol. The smallest absolute Gasteiger partial charge is 0.226 e. The van der Waals surface area contributed by atoms with Crippen molar-refractivity contribution in [3.63, 3.8) is 0 Å². The molecule has 1 aliphatic rings. The van der Waals surface area contributed by atoms with Crippen LogP contribution in [0, 0.1) is 25.5 Å². The minimum absolute atomic E-state index is 0.101. The van der Waals surface area contributed by atoms with Crippen LogP contribution in [0.3, 0.4) is 0 Å². The lowest BCUT2D eigenvalue weighted by atomic mass is 9.96. The normalized spacial score (nSPS) is 16.9. The number of para-hydroxylation sites is 1. The lowest BCUT2D eigenvalue weighted by molar-refractivity contribution is -0.116. The van der Waals surface area contributed by atoms with Crippen molar-refractivity contribution in [2.75, 3.05) is 11.9 Å². The second-order valence-electron chi connectivity index (χ2n) is 9.24. The van der Waals surface area contributed by atoms with Crippen molar-refractivity contribution in [2.24, 2.45) is 0 Å². The molecule has 0 saturated carbocycles. The number of benzene rings is 2. The van der Waals surface area contributed by atoms with E-state index in [0.29, 0.717) is 11.7 Å². The molecule has 38 heavy (non-hydrogen) atoms. The molecule has 5 rings (SSSR count). The van der Waals surface area contributed by atoms with Gasteiger partial charge in [0.1, 0.15) is 11.6 Å². The van der Waals surface area contributed by atoms with E-state index in [1.165, 1.54) is 24.3 Å². The maximum atomic E-state index is 14.1. The Labute approximate surface area is 225 Å². The van der Waals surface area contributed by atoms with Gasteiger partial charge in [0, 0.05) is 36.2 Å². The van der Waals surface area contributed by atoms with Gasteiger partial charge in [-0.2, -0.15) is 0 Å². The van der Waals surface area contributed by atoms with E-state index in [2.05, 4.69) is 21.7 Å². The van der Waals surface area contributed by atoms with Gasteiger partial charge in [-0.25, -0.2) is 8.78 Å². The molecule has 2 aromatic carbocycles. The third-order valence-corrected chi connectivity index (χ3v) is 7.13. The van der Waals surface area contributed by atoms with Gasteiger partial charge in [0.15, 0.2) is 5.11 Å². The highest BCUT2D eigenvalue weighted by atomic mass is 32.1. The van der Waals surface area contributed by atoms with E-state index in [1.807, 2.05) is 47.6 Å². The van der Waals surface area contributed by atoms with Gasteiger partial charge in [-0.15, -0.1) is 0 Å². The summed E-state index contributed by atoms with van der Waals surface area (Å²) >= 11 is 5.73. The first-order chi connectivity index (χ1) is 18.3. The third kappa shape index (κ3) is 5.02. The van der Waals surface area contributed by atoms with Gasteiger partial charge >= 0.3 is 0 Å². The second-order valence-corrected chi connectivity index (χ2v) is 9.63. The quantitative estimate of drug-likeness (QED) is 0.297. The van der Waals surface area contributed by atoms with Crippen LogP contribution in [0.2, 0.25) is 0 Å². The Kier molecular flexibility index (Phi) is 7.20. The summed E-state index contributed by atoms with van der Waals surface area (Å²) < 4.78 is 30.1. The molecule has 0 aliphatic carbocycles. The number of hydrogen-bond acceptors (Lipinski definition) is 3. The zero-order valence-electron chi connectivity index (χ0n) is 21.0. The first-order valence-corrected chi connectivity index (χ1v) is 12.7. The molecule has 6 nitrogen and oxygen atoms in total. The van der Waals surface area contributed by atoms with Crippen LogP contribution in [0.25, 0.3) is 5.69 Å². The predicted molar refractivity (Wildman–Crippen MR) is 147 cm³/mol. The highest BCUT2D eigenvalue weighted by molar-refractivity contribution is 7.80. The number of thiocarbonyl (C=S) groups is 1. The van der Waals surface area contributed by atoms with Crippen LogP contribution in [-0.4, -0.2) is 32.0 Å². The van der Waals surface area contributed by atoms with Gasteiger partial charge < -0.3 is 20.1 Å². The van der Waals surface area contributed by atoms with Crippen LogP contribution in [0.5, 0.6) is 0 Å². The first-order valence-electron chi connectivity index (χ1n) is 12.3. The molecule has 2 atom stereocenters.